The lowest BCUT2D eigenvalue weighted by Gasteiger charge is -2.38. The Morgan fingerprint density at radius 2 is 2.06 bits per heavy atom. The first-order valence-corrected chi connectivity index (χ1v) is 5.84. The van der Waals surface area contributed by atoms with Crippen LogP contribution in [-0.2, 0) is 0 Å². The first-order chi connectivity index (χ1) is 7.63. The number of nitrogens with zero attached hydrogens (tertiary/aromatic N) is 1. The van der Waals surface area contributed by atoms with Crippen molar-refractivity contribution in [3.05, 3.63) is 29.8 Å². The maximum Gasteiger partial charge on any atom is 0.140 e. The van der Waals surface area contributed by atoms with Gasteiger partial charge in [-0.1, -0.05) is 17.7 Å². The third-order valence-electron chi connectivity index (χ3n) is 3.29. The van der Waals surface area contributed by atoms with Crippen LogP contribution in [0.4, 0.5) is 10.1 Å². The fraction of sp³-hybridized carbons (Fsp3) is 0.538. The summed E-state index contributed by atoms with van der Waals surface area (Å²) < 4.78 is 14.2. The summed E-state index contributed by atoms with van der Waals surface area (Å²) in [5.74, 6) is 0. The van der Waals surface area contributed by atoms with Gasteiger partial charge in [-0.05, 0) is 31.9 Å². The Morgan fingerprint density at radius 1 is 1.38 bits per heavy atom. The third-order valence-corrected chi connectivity index (χ3v) is 3.29. The summed E-state index contributed by atoms with van der Waals surface area (Å²) in [7, 11) is 0. The van der Waals surface area contributed by atoms with E-state index in [-0.39, 0.29) is 6.54 Å². The molecular formula is C13H19FN2. The standard InChI is InChI=1S/C13H19FN2/c1-11-3-5-12(6-4-11)16-8-2-7-13(14,9-15)10-16/h3-6H,2,7-10,15H2,1H3. The lowest BCUT2D eigenvalue weighted by molar-refractivity contribution is 0.146. The summed E-state index contributed by atoms with van der Waals surface area (Å²) in [6, 6.07) is 8.23. The second-order valence-corrected chi connectivity index (χ2v) is 4.72. The maximum absolute atomic E-state index is 14.2. The predicted octanol–water partition coefficient (Wildman–Crippen LogP) is 2.26. The van der Waals surface area contributed by atoms with Crippen LogP contribution >= 0.6 is 0 Å². The van der Waals surface area contributed by atoms with Gasteiger partial charge in [0, 0.05) is 18.8 Å². The van der Waals surface area contributed by atoms with E-state index in [4.69, 9.17) is 5.73 Å². The van der Waals surface area contributed by atoms with E-state index in [1.54, 1.807) is 0 Å². The first-order valence-electron chi connectivity index (χ1n) is 5.84. The van der Waals surface area contributed by atoms with E-state index in [1.165, 1.54) is 5.56 Å². The van der Waals surface area contributed by atoms with Crippen LogP contribution in [0.5, 0.6) is 0 Å². The van der Waals surface area contributed by atoms with Crippen molar-refractivity contribution in [3.63, 3.8) is 0 Å². The number of halogens is 1. The molecule has 1 fully saturated rings. The van der Waals surface area contributed by atoms with Crippen molar-refractivity contribution >= 4 is 5.69 Å². The molecule has 16 heavy (non-hydrogen) atoms. The topological polar surface area (TPSA) is 29.3 Å². The van der Waals surface area contributed by atoms with Crippen molar-refractivity contribution in [1.82, 2.24) is 0 Å². The molecule has 2 nitrogen and oxygen atoms in total. The lowest BCUT2D eigenvalue weighted by atomic mass is 9.94. The highest BCUT2D eigenvalue weighted by atomic mass is 19.1. The summed E-state index contributed by atoms with van der Waals surface area (Å²) in [5, 5.41) is 0. The molecular weight excluding hydrogens is 203 g/mol. The zero-order chi connectivity index (χ0) is 11.6. The van der Waals surface area contributed by atoms with E-state index in [0.717, 1.165) is 18.7 Å². The van der Waals surface area contributed by atoms with Crippen LogP contribution in [0.3, 0.4) is 0 Å². The molecule has 1 heterocycles. The van der Waals surface area contributed by atoms with E-state index in [2.05, 4.69) is 36.1 Å². The molecule has 0 saturated carbocycles. The van der Waals surface area contributed by atoms with E-state index >= 15 is 0 Å². The Morgan fingerprint density at radius 3 is 2.69 bits per heavy atom. The van der Waals surface area contributed by atoms with Crippen molar-refractivity contribution in [1.29, 1.82) is 0 Å². The fourth-order valence-electron chi connectivity index (χ4n) is 2.23. The lowest BCUT2D eigenvalue weighted by Crippen LogP contribution is -2.49. The average Bonchev–Trinajstić information content (AvgIpc) is 2.30. The van der Waals surface area contributed by atoms with Gasteiger partial charge in [0.05, 0.1) is 6.54 Å². The van der Waals surface area contributed by atoms with Gasteiger partial charge in [-0.25, -0.2) is 4.39 Å². The molecule has 2 rings (SSSR count). The summed E-state index contributed by atoms with van der Waals surface area (Å²) >= 11 is 0. The van der Waals surface area contributed by atoms with Gasteiger partial charge >= 0.3 is 0 Å². The number of anilines is 1. The Balaban J connectivity index is 2.12. The van der Waals surface area contributed by atoms with Gasteiger partial charge in [0.15, 0.2) is 0 Å². The molecule has 0 bridgehead atoms. The number of piperidine rings is 1. The molecule has 1 atom stereocenters. The highest BCUT2D eigenvalue weighted by Gasteiger charge is 2.34. The smallest absolute Gasteiger partial charge is 0.140 e. The van der Waals surface area contributed by atoms with Gasteiger partial charge in [0.25, 0.3) is 0 Å². The quantitative estimate of drug-likeness (QED) is 0.831. The van der Waals surface area contributed by atoms with Crippen LogP contribution in [0, 0.1) is 6.92 Å². The van der Waals surface area contributed by atoms with E-state index < -0.39 is 5.67 Å². The fourth-order valence-corrected chi connectivity index (χ4v) is 2.23. The minimum atomic E-state index is -1.21. The molecule has 1 aromatic carbocycles. The van der Waals surface area contributed by atoms with Gasteiger partial charge in [0.1, 0.15) is 5.67 Å². The molecule has 2 N–H and O–H groups in total. The summed E-state index contributed by atoms with van der Waals surface area (Å²) in [5.41, 5.74) is 6.62. The number of alkyl halides is 1. The predicted molar refractivity (Wildman–Crippen MR) is 65.5 cm³/mol. The molecule has 1 aliphatic rings. The van der Waals surface area contributed by atoms with Crippen molar-refractivity contribution in [2.45, 2.75) is 25.4 Å². The monoisotopic (exact) mass is 222 g/mol. The van der Waals surface area contributed by atoms with Gasteiger partial charge in [-0.3, -0.25) is 0 Å². The zero-order valence-electron chi connectivity index (χ0n) is 9.75. The van der Waals surface area contributed by atoms with Gasteiger partial charge in [-0.2, -0.15) is 0 Å². The van der Waals surface area contributed by atoms with Crippen molar-refractivity contribution in [2.24, 2.45) is 5.73 Å². The Kier molecular flexibility index (Phi) is 3.15. The normalized spacial score (nSPS) is 25.8. The summed E-state index contributed by atoms with van der Waals surface area (Å²) in [6.07, 6.45) is 1.47. The maximum atomic E-state index is 14.2. The van der Waals surface area contributed by atoms with Crippen molar-refractivity contribution in [3.8, 4) is 0 Å². The molecule has 0 aromatic heterocycles. The second-order valence-electron chi connectivity index (χ2n) is 4.72. The minimum absolute atomic E-state index is 0.120. The summed E-state index contributed by atoms with van der Waals surface area (Å²) in [4.78, 5) is 2.09. The molecule has 0 radical (unpaired) electrons. The number of hydrogen-bond donors (Lipinski definition) is 1. The van der Waals surface area contributed by atoms with E-state index in [1.807, 2.05) is 0 Å². The van der Waals surface area contributed by atoms with Gasteiger partial charge in [-0.15, -0.1) is 0 Å². The molecule has 3 heteroatoms. The van der Waals surface area contributed by atoms with E-state index in [0.29, 0.717) is 13.0 Å². The van der Waals surface area contributed by atoms with Crippen LogP contribution in [0.15, 0.2) is 24.3 Å². The number of rotatable bonds is 2. The minimum Gasteiger partial charge on any atom is -0.368 e. The molecule has 0 amide bonds. The number of benzene rings is 1. The molecule has 0 spiro atoms. The van der Waals surface area contributed by atoms with Crippen LogP contribution in [0.2, 0.25) is 0 Å². The number of hydrogen-bond acceptors (Lipinski definition) is 2. The summed E-state index contributed by atoms with van der Waals surface area (Å²) in [6.45, 7) is 3.52. The Bertz CT molecular complexity index is 349. The molecule has 1 saturated heterocycles. The second kappa shape index (κ2) is 4.42. The molecule has 1 unspecified atom stereocenters. The van der Waals surface area contributed by atoms with Crippen LogP contribution in [-0.4, -0.2) is 25.3 Å². The van der Waals surface area contributed by atoms with Gasteiger partial charge < -0.3 is 10.6 Å². The van der Waals surface area contributed by atoms with Crippen LogP contribution in [0.1, 0.15) is 18.4 Å². The zero-order valence-corrected chi connectivity index (χ0v) is 9.75. The Hall–Kier alpha value is -1.09. The SMILES string of the molecule is Cc1ccc(N2CCCC(F)(CN)C2)cc1. The molecule has 0 aliphatic carbocycles. The third kappa shape index (κ3) is 2.35. The molecule has 88 valence electrons. The van der Waals surface area contributed by atoms with Crippen molar-refractivity contribution in [2.75, 3.05) is 24.5 Å². The van der Waals surface area contributed by atoms with E-state index in [9.17, 15) is 4.39 Å². The van der Waals surface area contributed by atoms with Crippen LogP contribution in [0.25, 0.3) is 0 Å². The van der Waals surface area contributed by atoms with Gasteiger partial charge in [0.2, 0.25) is 0 Å². The average molecular weight is 222 g/mol. The first kappa shape index (κ1) is 11.4. The Labute approximate surface area is 96.2 Å². The van der Waals surface area contributed by atoms with Crippen molar-refractivity contribution < 1.29 is 4.39 Å². The molecule has 1 aromatic rings. The highest BCUT2D eigenvalue weighted by molar-refractivity contribution is 5.48. The molecule has 1 aliphatic heterocycles. The number of nitrogens with two attached hydrogens (primary N) is 1. The largest absolute Gasteiger partial charge is 0.368 e. The number of aryl methyl sites for hydroxylation is 1. The highest BCUT2D eigenvalue weighted by Crippen LogP contribution is 2.28. The van der Waals surface area contributed by atoms with Crippen LogP contribution < -0.4 is 10.6 Å².